The maximum Gasteiger partial charge on any atom is 0.0940 e. The van der Waals surface area contributed by atoms with Gasteiger partial charge in [0.2, 0.25) is 0 Å². The smallest absolute Gasteiger partial charge is 0.0940 e. The second kappa shape index (κ2) is 5.36. The molecule has 96 valence electrons. The van der Waals surface area contributed by atoms with Crippen molar-refractivity contribution < 1.29 is 9.84 Å². The van der Waals surface area contributed by atoms with E-state index < -0.39 is 0 Å². The van der Waals surface area contributed by atoms with E-state index in [9.17, 15) is 5.11 Å². The summed E-state index contributed by atoms with van der Waals surface area (Å²) in [7, 11) is 0. The molecule has 5 heteroatoms. The van der Waals surface area contributed by atoms with Crippen molar-refractivity contribution in [2.75, 3.05) is 19.7 Å². The van der Waals surface area contributed by atoms with Crippen molar-refractivity contribution in [1.29, 1.82) is 0 Å². The van der Waals surface area contributed by atoms with E-state index in [0.717, 1.165) is 19.6 Å². The first-order valence-electron chi connectivity index (χ1n) is 5.73. The lowest BCUT2D eigenvalue weighted by Crippen LogP contribution is -2.53. The van der Waals surface area contributed by atoms with E-state index in [1.165, 1.54) is 9.35 Å². The van der Waals surface area contributed by atoms with Crippen molar-refractivity contribution in [1.82, 2.24) is 4.90 Å². The van der Waals surface area contributed by atoms with Crippen LogP contribution in [0.15, 0.2) is 15.9 Å². The minimum Gasteiger partial charge on any atom is -0.394 e. The third kappa shape index (κ3) is 3.51. The van der Waals surface area contributed by atoms with Crippen LogP contribution in [-0.4, -0.2) is 41.4 Å². The summed E-state index contributed by atoms with van der Waals surface area (Å²) in [5, 5.41) is 11.4. The molecule has 1 N–H and O–H groups in total. The molecule has 1 atom stereocenters. The number of halogens is 1. The summed E-state index contributed by atoms with van der Waals surface area (Å²) in [6.07, 6.45) is -0.0718. The molecule has 0 aromatic carbocycles. The molecule has 0 bridgehead atoms. The van der Waals surface area contributed by atoms with Gasteiger partial charge in [-0.25, -0.2) is 0 Å². The number of hydrogen-bond acceptors (Lipinski definition) is 4. The Morgan fingerprint density at radius 3 is 3.00 bits per heavy atom. The zero-order valence-electron chi connectivity index (χ0n) is 10.1. The Labute approximate surface area is 115 Å². The number of thiophene rings is 1. The minimum atomic E-state index is -0.185. The molecular formula is C12H18BrNO2S. The molecule has 2 heterocycles. The van der Waals surface area contributed by atoms with E-state index >= 15 is 0 Å². The Morgan fingerprint density at radius 1 is 1.65 bits per heavy atom. The molecule has 1 aliphatic rings. The monoisotopic (exact) mass is 319 g/mol. The maximum absolute atomic E-state index is 9.26. The highest BCUT2D eigenvalue weighted by molar-refractivity contribution is 9.10. The lowest BCUT2D eigenvalue weighted by molar-refractivity contribution is -0.150. The molecule has 1 saturated heterocycles. The van der Waals surface area contributed by atoms with Crippen LogP contribution in [0.25, 0.3) is 0 Å². The predicted molar refractivity (Wildman–Crippen MR) is 73.3 cm³/mol. The first kappa shape index (κ1) is 13.5. The SMILES string of the molecule is CC1(C)CN(Cc2sccc2Br)CC(CO)O1. The van der Waals surface area contributed by atoms with E-state index in [1.54, 1.807) is 11.3 Å². The number of aliphatic hydroxyl groups is 1. The Hall–Kier alpha value is 0.0600. The molecule has 17 heavy (non-hydrogen) atoms. The van der Waals surface area contributed by atoms with Crippen LogP contribution in [0.1, 0.15) is 18.7 Å². The molecule has 2 rings (SSSR count). The fraction of sp³-hybridized carbons (Fsp3) is 0.667. The van der Waals surface area contributed by atoms with Gasteiger partial charge in [-0.2, -0.15) is 0 Å². The molecule has 1 unspecified atom stereocenters. The molecule has 0 amide bonds. The summed E-state index contributed by atoms with van der Waals surface area (Å²) in [6, 6.07) is 2.08. The van der Waals surface area contributed by atoms with Crippen LogP contribution < -0.4 is 0 Å². The van der Waals surface area contributed by atoms with Crippen molar-refractivity contribution >= 4 is 27.3 Å². The fourth-order valence-electron chi connectivity index (χ4n) is 2.27. The summed E-state index contributed by atoms with van der Waals surface area (Å²) in [4.78, 5) is 3.68. The minimum absolute atomic E-state index is 0.0718. The van der Waals surface area contributed by atoms with Gasteiger partial charge in [0.25, 0.3) is 0 Å². The summed E-state index contributed by atoms with van der Waals surface area (Å²) >= 11 is 5.32. The van der Waals surface area contributed by atoms with Gasteiger partial charge in [-0.15, -0.1) is 11.3 Å². The number of rotatable bonds is 3. The van der Waals surface area contributed by atoms with Gasteiger partial charge in [0.05, 0.1) is 18.3 Å². The van der Waals surface area contributed by atoms with E-state index in [2.05, 4.69) is 46.1 Å². The van der Waals surface area contributed by atoms with Crippen LogP contribution in [0.5, 0.6) is 0 Å². The van der Waals surface area contributed by atoms with Crippen LogP contribution in [0.4, 0.5) is 0 Å². The Bertz CT molecular complexity index is 380. The molecule has 0 radical (unpaired) electrons. The van der Waals surface area contributed by atoms with Gasteiger partial charge in [-0.1, -0.05) is 0 Å². The molecule has 0 aliphatic carbocycles. The normalized spacial score (nSPS) is 25.1. The largest absolute Gasteiger partial charge is 0.394 e. The standard InChI is InChI=1S/C12H18BrNO2S/c1-12(2)8-14(5-9(7-15)16-12)6-11-10(13)3-4-17-11/h3-4,9,15H,5-8H2,1-2H3. The molecule has 3 nitrogen and oxygen atoms in total. The van der Waals surface area contributed by atoms with Gasteiger partial charge in [0.15, 0.2) is 0 Å². The lowest BCUT2D eigenvalue weighted by atomic mass is 10.1. The van der Waals surface area contributed by atoms with Gasteiger partial charge in [0.1, 0.15) is 0 Å². The number of morpholine rings is 1. The van der Waals surface area contributed by atoms with Gasteiger partial charge in [-0.05, 0) is 41.2 Å². The molecule has 1 aliphatic heterocycles. The van der Waals surface area contributed by atoms with Gasteiger partial charge >= 0.3 is 0 Å². The van der Waals surface area contributed by atoms with Crippen molar-refractivity contribution in [3.05, 3.63) is 20.8 Å². The topological polar surface area (TPSA) is 32.7 Å². The summed E-state index contributed by atoms with van der Waals surface area (Å²) in [6.45, 7) is 6.85. The van der Waals surface area contributed by atoms with E-state index in [4.69, 9.17) is 4.74 Å². The molecule has 0 saturated carbocycles. The molecule has 1 aromatic rings. The Balaban J connectivity index is 2.03. The predicted octanol–water partition coefficient (Wildman–Crippen LogP) is 2.48. The van der Waals surface area contributed by atoms with Crippen LogP contribution >= 0.6 is 27.3 Å². The summed E-state index contributed by atoms with van der Waals surface area (Å²) in [5.74, 6) is 0. The summed E-state index contributed by atoms with van der Waals surface area (Å²) < 4.78 is 6.98. The van der Waals surface area contributed by atoms with E-state index in [-0.39, 0.29) is 18.3 Å². The Kier molecular flexibility index (Phi) is 4.26. The van der Waals surface area contributed by atoms with Gasteiger partial charge < -0.3 is 9.84 Å². The maximum atomic E-state index is 9.26. The molecule has 1 aromatic heterocycles. The quantitative estimate of drug-likeness (QED) is 0.929. The highest BCUT2D eigenvalue weighted by Crippen LogP contribution is 2.27. The van der Waals surface area contributed by atoms with Crippen LogP contribution in [-0.2, 0) is 11.3 Å². The Morgan fingerprint density at radius 2 is 2.41 bits per heavy atom. The molecular weight excluding hydrogens is 302 g/mol. The highest BCUT2D eigenvalue weighted by Gasteiger charge is 2.33. The van der Waals surface area contributed by atoms with E-state index in [1.807, 2.05) is 0 Å². The lowest BCUT2D eigenvalue weighted by Gasteiger charge is -2.42. The van der Waals surface area contributed by atoms with Crippen LogP contribution in [0.3, 0.4) is 0 Å². The second-order valence-corrected chi connectivity index (χ2v) is 6.90. The average molecular weight is 320 g/mol. The van der Waals surface area contributed by atoms with Gasteiger partial charge in [-0.3, -0.25) is 4.90 Å². The van der Waals surface area contributed by atoms with Crippen LogP contribution in [0, 0.1) is 0 Å². The second-order valence-electron chi connectivity index (χ2n) is 5.04. The average Bonchev–Trinajstić information content (AvgIpc) is 2.62. The van der Waals surface area contributed by atoms with E-state index in [0.29, 0.717) is 0 Å². The van der Waals surface area contributed by atoms with Crippen molar-refractivity contribution in [2.45, 2.75) is 32.1 Å². The fourth-order valence-corrected chi connectivity index (χ4v) is 3.79. The highest BCUT2D eigenvalue weighted by atomic mass is 79.9. The third-order valence-corrected chi connectivity index (χ3v) is 4.72. The number of aliphatic hydroxyl groups excluding tert-OH is 1. The number of nitrogens with zero attached hydrogens (tertiary/aromatic N) is 1. The molecule has 0 spiro atoms. The number of ether oxygens (including phenoxy) is 1. The zero-order chi connectivity index (χ0) is 12.5. The van der Waals surface area contributed by atoms with Crippen molar-refractivity contribution in [2.24, 2.45) is 0 Å². The van der Waals surface area contributed by atoms with Gasteiger partial charge in [0, 0.05) is 29.0 Å². The molecule has 1 fully saturated rings. The number of hydrogen-bond donors (Lipinski definition) is 1. The first-order chi connectivity index (χ1) is 8.00. The van der Waals surface area contributed by atoms with Crippen molar-refractivity contribution in [3.8, 4) is 0 Å². The van der Waals surface area contributed by atoms with Crippen LogP contribution in [0.2, 0.25) is 0 Å². The summed E-state index contributed by atoms with van der Waals surface area (Å²) in [5.41, 5.74) is -0.185. The third-order valence-electron chi connectivity index (χ3n) is 2.81. The zero-order valence-corrected chi connectivity index (χ0v) is 12.6. The first-order valence-corrected chi connectivity index (χ1v) is 7.40. The van der Waals surface area contributed by atoms with Crippen molar-refractivity contribution in [3.63, 3.8) is 0 Å².